The summed E-state index contributed by atoms with van der Waals surface area (Å²) in [4.78, 5) is 0. The van der Waals surface area contributed by atoms with Gasteiger partial charge in [0.25, 0.3) is 0 Å². The van der Waals surface area contributed by atoms with Crippen LogP contribution in [0.4, 0.5) is 8.78 Å². The number of halogens is 3. The van der Waals surface area contributed by atoms with Gasteiger partial charge in [-0.15, -0.1) is 0 Å². The molecule has 0 aliphatic heterocycles. The first-order valence-electron chi connectivity index (χ1n) is 5.82. The van der Waals surface area contributed by atoms with Gasteiger partial charge in [0.2, 0.25) is 0 Å². The van der Waals surface area contributed by atoms with E-state index in [0.29, 0.717) is 23.9 Å². The lowest BCUT2D eigenvalue weighted by molar-refractivity contribution is 0.0334. The molecule has 0 saturated carbocycles. The molecule has 1 atom stereocenters. The third-order valence-corrected chi connectivity index (χ3v) is 3.34. The van der Waals surface area contributed by atoms with Crippen LogP contribution in [0.1, 0.15) is 18.4 Å². The molecule has 0 radical (unpaired) electrons. The van der Waals surface area contributed by atoms with Crippen molar-refractivity contribution in [2.75, 3.05) is 20.3 Å². The summed E-state index contributed by atoms with van der Waals surface area (Å²) in [7, 11) is 1.47. The maximum Gasteiger partial charge on any atom is 0.138 e. The van der Waals surface area contributed by atoms with Crippen LogP contribution in [-0.4, -0.2) is 25.9 Å². The van der Waals surface area contributed by atoms with Gasteiger partial charge in [0.05, 0.1) is 11.1 Å². The Morgan fingerprint density at radius 1 is 1.44 bits per heavy atom. The molecule has 1 rings (SSSR count). The average molecular weight is 322 g/mol. The Morgan fingerprint density at radius 2 is 2.17 bits per heavy atom. The minimum Gasteiger partial charge on any atom is -0.381 e. The second-order valence-electron chi connectivity index (χ2n) is 4.40. The Balaban J connectivity index is 2.78. The molecule has 2 nitrogen and oxygen atoms in total. The van der Waals surface area contributed by atoms with Crippen molar-refractivity contribution in [2.24, 2.45) is 5.73 Å². The maximum atomic E-state index is 14.6. The number of hydrogen-bond acceptors (Lipinski definition) is 2. The summed E-state index contributed by atoms with van der Waals surface area (Å²) in [6.45, 7) is 0.463. The van der Waals surface area contributed by atoms with Crippen LogP contribution >= 0.6 is 15.9 Å². The zero-order chi connectivity index (χ0) is 13.6. The van der Waals surface area contributed by atoms with Crippen LogP contribution in [0.5, 0.6) is 0 Å². The van der Waals surface area contributed by atoms with E-state index in [-0.39, 0.29) is 18.8 Å². The van der Waals surface area contributed by atoms with Gasteiger partial charge in [-0.25, -0.2) is 8.78 Å². The minimum absolute atomic E-state index is 0.0159. The summed E-state index contributed by atoms with van der Waals surface area (Å²) in [6.07, 6.45) is 1.13. The summed E-state index contributed by atoms with van der Waals surface area (Å²) in [5.41, 5.74) is 4.69. The molecule has 18 heavy (non-hydrogen) atoms. The number of nitrogens with two attached hydrogens (primary N) is 1. The van der Waals surface area contributed by atoms with Crippen molar-refractivity contribution in [3.8, 4) is 0 Å². The fraction of sp³-hybridized carbons (Fsp3) is 0.538. The first kappa shape index (κ1) is 15.5. The van der Waals surface area contributed by atoms with Crippen molar-refractivity contribution in [1.29, 1.82) is 0 Å². The Morgan fingerprint density at radius 3 is 2.72 bits per heavy atom. The van der Waals surface area contributed by atoms with E-state index in [9.17, 15) is 8.78 Å². The lowest BCUT2D eigenvalue weighted by atomic mass is 9.92. The van der Waals surface area contributed by atoms with Gasteiger partial charge in [0.1, 0.15) is 11.5 Å². The van der Waals surface area contributed by atoms with Crippen molar-refractivity contribution in [1.82, 2.24) is 0 Å². The molecule has 0 heterocycles. The van der Waals surface area contributed by atoms with Gasteiger partial charge in [-0.1, -0.05) is 6.07 Å². The largest absolute Gasteiger partial charge is 0.381 e. The Hall–Kier alpha value is -0.520. The highest BCUT2D eigenvalue weighted by Gasteiger charge is 2.29. The SMILES string of the molecule is COCC(F)(CCCN)Cc1ccc(F)c(Br)c1. The van der Waals surface area contributed by atoms with Crippen molar-refractivity contribution in [2.45, 2.75) is 24.9 Å². The van der Waals surface area contributed by atoms with Crippen LogP contribution in [0.3, 0.4) is 0 Å². The summed E-state index contributed by atoms with van der Waals surface area (Å²) in [5, 5.41) is 0. The molecule has 0 fully saturated rings. The van der Waals surface area contributed by atoms with E-state index in [1.807, 2.05) is 0 Å². The van der Waals surface area contributed by atoms with Crippen molar-refractivity contribution >= 4 is 15.9 Å². The zero-order valence-corrected chi connectivity index (χ0v) is 12.0. The van der Waals surface area contributed by atoms with Crippen LogP contribution in [0.2, 0.25) is 0 Å². The van der Waals surface area contributed by atoms with E-state index >= 15 is 0 Å². The van der Waals surface area contributed by atoms with Crippen LogP contribution in [0.15, 0.2) is 22.7 Å². The van der Waals surface area contributed by atoms with Gasteiger partial charge in [0.15, 0.2) is 0 Å². The number of alkyl halides is 1. The first-order valence-corrected chi connectivity index (χ1v) is 6.62. The van der Waals surface area contributed by atoms with E-state index in [0.717, 1.165) is 5.56 Å². The fourth-order valence-electron chi connectivity index (χ4n) is 1.90. The first-order chi connectivity index (χ1) is 8.50. The average Bonchev–Trinajstić information content (AvgIpc) is 2.32. The normalized spacial score (nSPS) is 14.5. The van der Waals surface area contributed by atoms with Crippen LogP contribution in [-0.2, 0) is 11.2 Å². The summed E-state index contributed by atoms with van der Waals surface area (Å²) in [6, 6.07) is 4.52. The maximum absolute atomic E-state index is 14.6. The zero-order valence-electron chi connectivity index (χ0n) is 10.4. The smallest absolute Gasteiger partial charge is 0.138 e. The Kier molecular flexibility index (Phi) is 6.18. The molecule has 1 aromatic rings. The molecule has 1 unspecified atom stereocenters. The van der Waals surface area contributed by atoms with Crippen LogP contribution in [0, 0.1) is 5.82 Å². The van der Waals surface area contributed by atoms with Gasteiger partial charge in [-0.2, -0.15) is 0 Å². The second kappa shape index (κ2) is 7.16. The van der Waals surface area contributed by atoms with E-state index in [2.05, 4.69) is 15.9 Å². The topological polar surface area (TPSA) is 35.2 Å². The Bertz CT molecular complexity index is 389. The van der Waals surface area contributed by atoms with Crippen LogP contribution < -0.4 is 5.73 Å². The highest BCUT2D eigenvalue weighted by molar-refractivity contribution is 9.10. The molecule has 1 aromatic carbocycles. The van der Waals surface area contributed by atoms with E-state index in [4.69, 9.17) is 10.5 Å². The van der Waals surface area contributed by atoms with Crippen molar-refractivity contribution < 1.29 is 13.5 Å². The van der Waals surface area contributed by atoms with Crippen LogP contribution in [0.25, 0.3) is 0 Å². The van der Waals surface area contributed by atoms with E-state index in [1.54, 1.807) is 12.1 Å². The third-order valence-electron chi connectivity index (χ3n) is 2.74. The molecule has 0 aliphatic rings. The highest BCUT2D eigenvalue weighted by atomic mass is 79.9. The predicted octanol–water partition coefficient (Wildman–Crippen LogP) is 3.22. The van der Waals surface area contributed by atoms with Gasteiger partial charge in [-0.3, -0.25) is 0 Å². The quantitative estimate of drug-likeness (QED) is 0.836. The number of benzene rings is 1. The molecule has 0 aliphatic carbocycles. The van der Waals surface area contributed by atoms with E-state index < -0.39 is 5.67 Å². The molecule has 5 heteroatoms. The molecule has 0 saturated heterocycles. The van der Waals surface area contributed by atoms with Gasteiger partial charge < -0.3 is 10.5 Å². The number of ether oxygens (including phenoxy) is 1. The van der Waals surface area contributed by atoms with Gasteiger partial charge >= 0.3 is 0 Å². The molecule has 0 amide bonds. The monoisotopic (exact) mass is 321 g/mol. The van der Waals surface area contributed by atoms with Gasteiger partial charge in [0, 0.05) is 13.5 Å². The predicted molar refractivity (Wildman–Crippen MR) is 71.8 cm³/mol. The lowest BCUT2D eigenvalue weighted by Gasteiger charge is -2.24. The molecule has 0 aromatic heterocycles. The standard InChI is InChI=1S/C13H18BrF2NO/c1-18-9-13(16,5-2-6-17)8-10-3-4-12(15)11(14)7-10/h3-4,7H,2,5-6,8-9,17H2,1H3. The molecule has 0 spiro atoms. The van der Waals surface area contributed by atoms with Gasteiger partial charge in [-0.05, 0) is 53.0 Å². The third kappa shape index (κ3) is 4.63. The van der Waals surface area contributed by atoms with Crippen molar-refractivity contribution in [3.05, 3.63) is 34.1 Å². The fourth-order valence-corrected chi connectivity index (χ4v) is 2.33. The summed E-state index contributed by atoms with van der Waals surface area (Å²) >= 11 is 3.10. The second-order valence-corrected chi connectivity index (χ2v) is 5.26. The number of methoxy groups -OCH3 is 1. The highest BCUT2D eigenvalue weighted by Crippen LogP contribution is 2.26. The number of rotatable bonds is 7. The molecular formula is C13H18BrF2NO. The molecular weight excluding hydrogens is 304 g/mol. The van der Waals surface area contributed by atoms with E-state index in [1.165, 1.54) is 13.2 Å². The molecule has 0 bridgehead atoms. The molecule has 102 valence electrons. The number of hydrogen-bond donors (Lipinski definition) is 1. The molecule has 2 N–H and O–H groups in total. The summed E-state index contributed by atoms with van der Waals surface area (Å²) < 4.78 is 33.0. The lowest BCUT2D eigenvalue weighted by Crippen LogP contribution is -2.32. The minimum atomic E-state index is -1.45. The van der Waals surface area contributed by atoms with Crippen molar-refractivity contribution in [3.63, 3.8) is 0 Å². The Labute approximate surface area is 115 Å². The summed E-state index contributed by atoms with van der Waals surface area (Å²) in [5.74, 6) is -0.350.